The number of thioether (sulfide) groups is 1. The lowest BCUT2D eigenvalue weighted by atomic mass is 10.1. The fourth-order valence-electron chi connectivity index (χ4n) is 3.40. The van der Waals surface area contributed by atoms with E-state index in [0.29, 0.717) is 22.3 Å². The second-order valence-corrected chi connectivity index (χ2v) is 9.87. The van der Waals surface area contributed by atoms with Gasteiger partial charge >= 0.3 is 5.97 Å². The number of esters is 1. The van der Waals surface area contributed by atoms with Crippen LogP contribution in [0.2, 0.25) is 15.1 Å². The average Bonchev–Trinajstić information content (AvgIpc) is 3.11. The van der Waals surface area contributed by atoms with E-state index < -0.39 is 22.9 Å². The minimum atomic E-state index is -0.666. The summed E-state index contributed by atoms with van der Waals surface area (Å²) in [6, 6.07) is 13.2. The number of hydrogen-bond acceptors (Lipinski definition) is 6. The third-order valence-corrected chi connectivity index (χ3v) is 6.95. The summed E-state index contributed by atoms with van der Waals surface area (Å²) in [7, 11) is 0. The highest BCUT2D eigenvalue weighted by molar-refractivity contribution is 8.18. The molecule has 0 saturated carbocycles. The quantitative estimate of drug-likeness (QED) is 0.162. The Kier molecular flexibility index (Phi) is 8.44. The predicted molar refractivity (Wildman–Crippen MR) is 142 cm³/mol. The Balaban J connectivity index is 1.60. The fourth-order valence-corrected chi connectivity index (χ4v) is 4.84. The Morgan fingerprint density at radius 3 is 2.46 bits per heavy atom. The van der Waals surface area contributed by atoms with E-state index in [1.807, 2.05) is 0 Å². The molecule has 0 spiro atoms. The summed E-state index contributed by atoms with van der Waals surface area (Å²) in [6.07, 6.45) is 1.45. The SMILES string of the molecule is CCOc1cc(/C=C2\SC(=O)N(Cc3c(F)cccc3Cl)C2=O)cc(Cl)c1OC(=O)c1ccc(Cl)cc1. The van der Waals surface area contributed by atoms with Crippen molar-refractivity contribution in [3.63, 3.8) is 0 Å². The van der Waals surface area contributed by atoms with Crippen molar-refractivity contribution in [2.45, 2.75) is 13.5 Å². The molecule has 37 heavy (non-hydrogen) atoms. The van der Waals surface area contributed by atoms with Crippen molar-refractivity contribution in [2.24, 2.45) is 0 Å². The van der Waals surface area contributed by atoms with Gasteiger partial charge in [-0.3, -0.25) is 14.5 Å². The molecule has 6 nitrogen and oxygen atoms in total. The van der Waals surface area contributed by atoms with E-state index in [4.69, 9.17) is 44.3 Å². The van der Waals surface area contributed by atoms with Crippen LogP contribution in [-0.2, 0) is 11.3 Å². The minimum Gasteiger partial charge on any atom is -0.490 e. The smallest absolute Gasteiger partial charge is 0.343 e. The van der Waals surface area contributed by atoms with Gasteiger partial charge < -0.3 is 9.47 Å². The lowest BCUT2D eigenvalue weighted by Crippen LogP contribution is -2.28. The van der Waals surface area contributed by atoms with Crippen LogP contribution in [0.25, 0.3) is 6.08 Å². The molecule has 11 heteroatoms. The molecular weight excluding hydrogens is 564 g/mol. The van der Waals surface area contributed by atoms with Crippen molar-refractivity contribution in [3.05, 3.63) is 97.1 Å². The highest BCUT2D eigenvalue weighted by Gasteiger charge is 2.36. The fraction of sp³-hybridized carbons (Fsp3) is 0.115. The summed E-state index contributed by atoms with van der Waals surface area (Å²) < 4.78 is 25.3. The zero-order chi connectivity index (χ0) is 26.7. The summed E-state index contributed by atoms with van der Waals surface area (Å²) in [4.78, 5) is 39.1. The maximum Gasteiger partial charge on any atom is 0.343 e. The van der Waals surface area contributed by atoms with E-state index in [1.54, 1.807) is 19.1 Å². The van der Waals surface area contributed by atoms with Crippen LogP contribution in [0.5, 0.6) is 11.5 Å². The van der Waals surface area contributed by atoms with Gasteiger partial charge in [0.2, 0.25) is 0 Å². The summed E-state index contributed by atoms with van der Waals surface area (Å²) in [5, 5.41) is 0.0624. The van der Waals surface area contributed by atoms with Gasteiger partial charge in [0, 0.05) is 15.6 Å². The van der Waals surface area contributed by atoms with Gasteiger partial charge in [0.1, 0.15) is 5.82 Å². The number of rotatable bonds is 7. The molecule has 1 heterocycles. The van der Waals surface area contributed by atoms with Gasteiger partial charge in [-0.1, -0.05) is 40.9 Å². The molecule has 1 fully saturated rings. The summed E-state index contributed by atoms with van der Waals surface area (Å²) in [5.41, 5.74) is 0.728. The molecule has 3 aromatic rings. The highest BCUT2D eigenvalue weighted by Crippen LogP contribution is 2.40. The van der Waals surface area contributed by atoms with Crippen molar-refractivity contribution in [2.75, 3.05) is 6.61 Å². The van der Waals surface area contributed by atoms with Crippen LogP contribution in [0, 0.1) is 5.82 Å². The number of nitrogens with zero attached hydrogens (tertiary/aromatic N) is 1. The monoisotopic (exact) mass is 579 g/mol. The molecule has 3 aromatic carbocycles. The van der Waals surface area contributed by atoms with Crippen LogP contribution in [0.3, 0.4) is 0 Å². The van der Waals surface area contributed by atoms with Crippen LogP contribution in [-0.4, -0.2) is 28.6 Å². The zero-order valence-corrected chi connectivity index (χ0v) is 22.2. The molecule has 2 amide bonds. The van der Waals surface area contributed by atoms with Crippen LogP contribution < -0.4 is 9.47 Å². The van der Waals surface area contributed by atoms with E-state index in [1.165, 1.54) is 48.5 Å². The van der Waals surface area contributed by atoms with Gasteiger partial charge in [0.15, 0.2) is 11.5 Å². The Morgan fingerprint density at radius 2 is 1.78 bits per heavy atom. The molecule has 1 aliphatic heterocycles. The maximum atomic E-state index is 14.2. The van der Waals surface area contributed by atoms with Crippen molar-refractivity contribution >= 4 is 69.8 Å². The number of halogens is 4. The minimum absolute atomic E-state index is 0.00270. The molecule has 0 aromatic heterocycles. The van der Waals surface area contributed by atoms with E-state index in [9.17, 15) is 18.8 Å². The molecule has 0 bridgehead atoms. The molecule has 0 aliphatic carbocycles. The van der Waals surface area contributed by atoms with Crippen LogP contribution in [0.1, 0.15) is 28.4 Å². The Morgan fingerprint density at radius 1 is 1.05 bits per heavy atom. The maximum absolute atomic E-state index is 14.2. The van der Waals surface area contributed by atoms with E-state index in [0.717, 1.165) is 4.90 Å². The first-order valence-corrected chi connectivity index (χ1v) is 12.7. The molecule has 1 saturated heterocycles. The number of ether oxygens (including phenoxy) is 2. The molecule has 1 aliphatic rings. The molecule has 190 valence electrons. The third-order valence-electron chi connectivity index (χ3n) is 5.16. The van der Waals surface area contributed by atoms with Gasteiger partial charge in [0.25, 0.3) is 11.1 Å². The number of carbonyl (C=O) groups is 3. The highest BCUT2D eigenvalue weighted by atomic mass is 35.5. The van der Waals surface area contributed by atoms with Crippen LogP contribution >= 0.6 is 46.6 Å². The standard InChI is InChI=1S/C26H17Cl3FNO5S/c1-2-35-21-11-14(10-19(29)23(21)36-25(33)15-6-8-16(27)9-7-15)12-22-24(32)31(26(34)37-22)13-17-18(28)4-3-5-20(17)30/h3-12H,2,13H2,1H3/b22-12-. The van der Waals surface area contributed by atoms with Crippen molar-refractivity contribution in [3.8, 4) is 11.5 Å². The first-order chi connectivity index (χ1) is 17.7. The first-order valence-electron chi connectivity index (χ1n) is 10.8. The molecule has 4 rings (SSSR count). The summed E-state index contributed by atoms with van der Waals surface area (Å²) >= 11 is 19.0. The summed E-state index contributed by atoms with van der Waals surface area (Å²) in [5.74, 6) is -1.72. The molecular formula is C26H17Cl3FNO5S. The van der Waals surface area contributed by atoms with Crippen molar-refractivity contribution in [1.82, 2.24) is 4.90 Å². The topological polar surface area (TPSA) is 72.9 Å². The Labute approximate surface area is 230 Å². The van der Waals surface area contributed by atoms with Crippen molar-refractivity contribution < 1.29 is 28.2 Å². The zero-order valence-electron chi connectivity index (χ0n) is 19.1. The van der Waals surface area contributed by atoms with E-state index in [-0.39, 0.29) is 50.7 Å². The van der Waals surface area contributed by atoms with Crippen LogP contribution in [0.4, 0.5) is 9.18 Å². The number of hydrogen-bond donors (Lipinski definition) is 0. The first kappa shape index (κ1) is 27.0. The summed E-state index contributed by atoms with van der Waals surface area (Å²) in [6.45, 7) is 1.67. The molecule has 0 N–H and O–H groups in total. The Hall–Kier alpha value is -3.04. The van der Waals surface area contributed by atoms with Crippen LogP contribution in [0.15, 0.2) is 59.5 Å². The van der Waals surface area contributed by atoms with Gasteiger partial charge in [-0.25, -0.2) is 9.18 Å². The van der Waals surface area contributed by atoms with Crippen molar-refractivity contribution in [1.29, 1.82) is 0 Å². The second kappa shape index (κ2) is 11.6. The van der Waals surface area contributed by atoms with E-state index in [2.05, 4.69) is 0 Å². The van der Waals surface area contributed by atoms with E-state index >= 15 is 0 Å². The second-order valence-electron chi connectivity index (χ2n) is 7.63. The molecule has 0 atom stereocenters. The lowest BCUT2D eigenvalue weighted by molar-refractivity contribution is -0.123. The van der Waals surface area contributed by atoms with Gasteiger partial charge in [-0.05, 0) is 78.9 Å². The number of imide groups is 1. The number of amides is 2. The third kappa shape index (κ3) is 6.10. The predicted octanol–water partition coefficient (Wildman–Crippen LogP) is 7.64. The average molecular weight is 581 g/mol. The largest absolute Gasteiger partial charge is 0.490 e. The number of carbonyl (C=O) groups excluding carboxylic acids is 3. The Bertz CT molecular complexity index is 1410. The molecule has 0 unspecified atom stereocenters. The lowest BCUT2D eigenvalue weighted by Gasteiger charge is -2.14. The van der Waals surface area contributed by atoms with Gasteiger partial charge in [-0.15, -0.1) is 0 Å². The van der Waals surface area contributed by atoms with Gasteiger partial charge in [0.05, 0.1) is 28.6 Å². The molecule has 0 radical (unpaired) electrons. The van der Waals surface area contributed by atoms with Gasteiger partial charge in [-0.2, -0.15) is 0 Å². The number of benzene rings is 3. The normalized spacial score (nSPS) is 14.4.